The minimum atomic E-state index is -1.30. The molecule has 2 spiro atoms. The Morgan fingerprint density at radius 1 is 1.00 bits per heavy atom. The van der Waals surface area contributed by atoms with E-state index in [9.17, 15) is 30.0 Å². The van der Waals surface area contributed by atoms with E-state index in [0.29, 0.717) is 5.92 Å². The summed E-state index contributed by atoms with van der Waals surface area (Å²) in [6.45, 7) is 16.5. The van der Waals surface area contributed by atoms with E-state index in [0.717, 1.165) is 51.4 Å². The number of hydrogen-bond donors (Lipinski definition) is 4. The van der Waals surface area contributed by atoms with Gasteiger partial charge in [0, 0.05) is 23.7 Å². The first-order valence-electron chi connectivity index (χ1n) is 18.5. The molecular weight excluding hydrogens is 600 g/mol. The molecule has 266 valence electrons. The van der Waals surface area contributed by atoms with Crippen LogP contribution in [-0.4, -0.2) is 87.1 Å². The molecular formula is C38H60O9. The van der Waals surface area contributed by atoms with Gasteiger partial charge in [-0.05, 0) is 112 Å². The summed E-state index contributed by atoms with van der Waals surface area (Å²) in [5, 5.41) is 41.9. The summed E-state index contributed by atoms with van der Waals surface area (Å²) in [6.07, 6.45) is 2.41. The third-order valence-corrected chi connectivity index (χ3v) is 16.1. The van der Waals surface area contributed by atoms with Crippen molar-refractivity contribution in [1.29, 1.82) is 0 Å². The van der Waals surface area contributed by atoms with Crippen LogP contribution < -0.4 is 0 Å². The predicted molar refractivity (Wildman–Crippen MR) is 173 cm³/mol. The van der Waals surface area contributed by atoms with Gasteiger partial charge in [0.2, 0.25) is 0 Å². The second kappa shape index (κ2) is 10.8. The number of rotatable bonds is 6. The summed E-state index contributed by atoms with van der Waals surface area (Å²) in [5.41, 5.74) is -1.69. The lowest BCUT2D eigenvalue weighted by molar-refractivity contribution is -0.302. The molecule has 7 rings (SSSR count). The van der Waals surface area contributed by atoms with Gasteiger partial charge in [0.1, 0.15) is 30.2 Å². The van der Waals surface area contributed by atoms with E-state index >= 15 is 0 Å². The van der Waals surface area contributed by atoms with Gasteiger partial charge in [0.15, 0.2) is 12.1 Å². The summed E-state index contributed by atoms with van der Waals surface area (Å²) in [4.78, 5) is 27.3. The summed E-state index contributed by atoms with van der Waals surface area (Å²) >= 11 is 0. The topological polar surface area (TPSA) is 143 Å². The molecule has 2 aliphatic heterocycles. The number of fused-ring (bicyclic) bond motifs is 4. The highest BCUT2D eigenvalue weighted by molar-refractivity contribution is 5.93. The first-order chi connectivity index (χ1) is 21.8. The van der Waals surface area contributed by atoms with E-state index < -0.39 is 41.7 Å². The van der Waals surface area contributed by atoms with Crippen molar-refractivity contribution in [3.63, 3.8) is 0 Å². The van der Waals surface area contributed by atoms with Gasteiger partial charge in [-0.25, -0.2) is 0 Å². The molecule has 0 amide bonds. The second-order valence-electron chi connectivity index (χ2n) is 18.9. The largest absolute Gasteiger partial charge is 0.390 e. The van der Waals surface area contributed by atoms with Crippen molar-refractivity contribution in [2.45, 2.75) is 162 Å². The molecule has 7 fully saturated rings. The van der Waals surface area contributed by atoms with Crippen molar-refractivity contribution < 1.29 is 44.2 Å². The average Bonchev–Trinajstić information content (AvgIpc) is 3.61. The molecule has 0 aromatic rings. The highest BCUT2D eigenvalue weighted by atomic mass is 16.7. The molecule has 16 atom stereocenters. The number of aliphatic hydroxyl groups excluding tert-OH is 3. The van der Waals surface area contributed by atoms with Gasteiger partial charge in [-0.3, -0.25) is 4.79 Å². The SMILES string of the molecule is CC(=O)C[C@@H]([C@H]1C[C@@H](C)[C@H]2[C@H](O1)C(=O)[C@@]1(C)[C@@H]3CC[C@H]4C(C)(C)[C@@H](O[C@@H]5OCC(O)[C@H](O)[C@H]5O)CCC45C[C@@]35CC[C@]21C)C(C)(C)O. The van der Waals surface area contributed by atoms with Crippen LogP contribution in [0.15, 0.2) is 0 Å². The molecule has 0 aromatic carbocycles. The molecule has 2 heterocycles. The fourth-order valence-corrected chi connectivity index (χ4v) is 13.7. The standard InChI is InChI=1S/C38H60O9/c1-19-15-23(21(16-20(2)39)34(5,6)44)46-30-27(19)35(7)13-14-38-18-37(38)12-11-26(47-32-29(42)28(41)22(40)17-45-32)33(3,4)24(37)9-10-25(38)36(35,8)31(30)43/h19,21-30,32,40-42,44H,9-18H2,1-8H3/t19-,21+,22?,23-,24+,25+,26+,27+,28+,29-,30+,32+,35-,36-,37?,38+/m1/s1. The van der Waals surface area contributed by atoms with E-state index in [4.69, 9.17) is 14.2 Å². The van der Waals surface area contributed by atoms with E-state index in [1.54, 1.807) is 20.8 Å². The predicted octanol–water partition coefficient (Wildman–Crippen LogP) is 4.20. The van der Waals surface area contributed by atoms with Crippen molar-refractivity contribution in [1.82, 2.24) is 0 Å². The first-order valence-corrected chi connectivity index (χ1v) is 18.5. The van der Waals surface area contributed by atoms with Crippen molar-refractivity contribution in [3.05, 3.63) is 0 Å². The normalized spacial score (nSPS) is 54.0. The van der Waals surface area contributed by atoms with Gasteiger partial charge < -0.3 is 39.4 Å². The first kappa shape index (κ1) is 34.5. The average molecular weight is 661 g/mol. The molecule has 9 heteroatoms. The Labute approximate surface area is 280 Å². The monoisotopic (exact) mass is 660 g/mol. The molecule has 7 aliphatic rings. The number of Topliss-reactive ketones (excluding diaryl/α,β-unsaturated/α-hetero) is 2. The maximum Gasteiger partial charge on any atom is 0.186 e. The van der Waals surface area contributed by atoms with Crippen LogP contribution in [0.3, 0.4) is 0 Å². The van der Waals surface area contributed by atoms with Crippen molar-refractivity contribution in [2.75, 3.05) is 6.61 Å². The highest BCUT2D eigenvalue weighted by Crippen LogP contribution is 2.89. The Bertz CT molecular complexity index is 1290. The van der Waals surface area contributed by atoms with Gasteiger partial charge >= 0.3 is 0 Å². The number of carbonyl (C=O) groups is 2. The summed E-state index contributed by atoms with van der Waals surface area (Å²) in [7, 11) is 0. The zero-order valence-electron chi connectivity index (χ0n) is 29.8. The summed E-state index contributed by atoms with van der Waals surface area (Å²) < 4.78 is 18.9. The van der Waals surface area contributed by atoms with Crippen LogP contribution in [0.5, 0.6) is 0 Å². The summed E-state index contributed by atoms with van der Waals surface area (Å²) in [5.74, 6) is 0.982. The number of ether oxygens (including phenoxy) is 3. The third kappa shape index (κ3) is 4.51. The fourth-order valence-electron chi connectivity index (χ4n) is 13.7. The van der Waals surface area contributed by atoms with Gasteiger partial charge in [0.25, 0.3) is 0 Å². The quantitative estimate of drug-likeness (QED) is 0.309. The van der Waals surface area contributed by atoms with Gasteiger partial charge in [-0.2, -0.15) is 0 Å². The minimum absolute atomic E-state index is 0.0282. The lowest BCUT2D eigenvalue weighted by Gasteiger charge is -2.62. The number of aliphatic hydroxyl groups is 4. The van der Waals surface area contributed by atoms with Gasteiger partial charge in [-0.1, -0.05) is 34.6 Å². The van der Waals surface area contributed by atoms with Crippen LogP contribution in [0.2, 0.25) is 0 Å². The highest BCUT2D eigenvalue weighted by Gasteiger charge is 2.85. The number of carbonyl (C=O) groups excluding carboxylic acids is 2. The van der Waals surface area contributed by atoms with Crippen molar-refractivity contribution in [3.8, 4) is 0 Å². The number of hydrogen-bond acceptors (Lipinski definition) is 9. The van der Waals surface area contributed by atoms with E-state index in [2.05, 4.69) is 34.6 Å². The Balaban J connectivity index is 1.15. The molecule has 2 saturated heterocycles. The molecule has 2 unspecified atom stereocenters. The van der Waals surface area contributed by atoms with Crippen LogP contribution >= 0.6 is 0 Å². The molecule has 9 nitrogen and oxygen atoms in total. The minimum Gasteiger partial charge on any atom is -0.390 e. The van der Waals surface area contributed by atoms with E-state index in [1.807, 2.05) is 0 Å². The van der Waals surface area contributed by atoms with Gasteiger partial charge in [0.05, 0.1) is 24.4 Å². The maximum absolute atomic E-state index is 15.0. The Morgan fingerprint density at radius 2 is 1.66 bits per heavy atom. The maximum atomic E-state index is 15.0. The molecule has 5 aliphatic carbocycles. The molecule has 0 aromatic heterocycles. The molecule has 0 bridgehead atoms. The Hall–Kier alpha value is -0.940. The van der Waals surface area contributed by atoms with Crippen LogP contribution in [0.1, 0.15) is 113 Å². The molecule has 4 N–H and O–H groups in total. The molecule has 0 radical (unpaired) electrons. The molecule has 5 saturated carbocycles. The third-order valence-electron chi connectivity index (χ3n) is 16.1. The zero-order chi connectivity index (χ0) is 34.3. The van der Waals surface area contributed by atoms with Crippen molar-refractivity contribution in [2.24, 2.45) is 56.7 Å². The fraction of sp³-hybridized carbons (Fsp3) is 0.947. The van der Waals surface area contributed by atoms with E-state index in [-0.39, 0.29) is 82.1 Å². The summed E-state index contributed by atoms with van der Waals surface area (Å²) in [6, 6.07) is 0. The Morgan fingerprint density at radius 3 is 2.32 bits per heavy atom. The molecule has 47 heavy (non-hydrogen) atoms. The lowest BCUT2D eigenvalue weighted by atomic mass is 9.41. The smallest absolute Gasteiger partial charge is 0.186 e. The zero-order valence-corrected chi connectivity index (χ0v) is 29.8. The number of ketones is 2. The van der Waals surface area contributed by atoms with Crippen LogP contribution in [0.4, 0.5) is 0 Å². The van der Waals surface area contributed by atoms with Crippen LogP contribution in [0, 0.1) is 56.7 Å². The van der Waals surface area contributed by atoms with Crippen LogP contribution in [-0.2, 0) is 23.8 Å². The Kier molecular flexibility index (Phi) is 7.92. The van der Waals surface area contributed by atoms with E-state index in [1.165, 1.54) is 0 Å². The van der Waals surface area contributed by atoms with Crippen LogP contribution in [0.25, 0.3) is 0 Å². The second-order valence-corrected chi connectivity index (χ2v) is 18.9. The van der Waals surface area contributed by atoms with Gasteiger partial charge in [-0.15, -0.1) is 0 Å². The van der Waals surface area contributed by atoms with Crippen molar-refractivity contribution >= 4 is 11.6 Å². The lowest BCUT2D eigenvalue weighted by Crippen LogP contribution is -2.60.